The summed E-state index contributed by atoms with van der Waals surface area (Å²) in [7, 11) is 3.35. The fourth-order valence-electron chi connectivity index (χ4n) is 2.07. The summed E-state index contributed by atoms with van der Waals surface area (Å²) in [5.74, 6) is 1.56. The topological polar surface area (TPSA) is 61.2 Å². The van der Waals surface area contributed by atoms with Gasteiger partial charge in [0.05, 0.1) is 0 Å². The van der Waals surface area contributed by atoms with E-state index < -0.39 is 0 Å². The van der Waals surface area contributed by atoms with Crippen molar-refractivity contribution in [1.82, 2.24) is 14.9 Å². The van der Waals surface area contributed by atoms with Gasteiger partial charge in [0.1, 0.15) is 12.2 Å². The number of nitrogens with one attached hydrogen (secondary N) is 1. The van der Waals surface area contributed by atoms with Gasteiger partial charge in [-0.2, -0.15) is 0 Å². The molecule has 3 atom stereocenters. The summed E-state index contributed by atoms with van der Waals surface area (Å²) >= 11 is 0. The van der Waals surface area contributed by atoms with Crippen LogP contribution >= 0.6 is 0 Å². The number of hydrogen-bond acceptors (Lipinski definition) is 5. The molecule has 1 heterocycles. The van der Waals surface area contributed by atoms with E-state index in [2.05, 4.69) is 29.5 Å². The molecule has 0 saturated carbocycles. The van der Waals surface area contributed by atoms with Gasteiger partial charge in [-0.1, -0.05) is 20.3 Å². The Labute approximate surface area is 121 Å². The van der Waals surface area contributed by atoms with Gasteiger partial charge in [0, 0.05) is 20.3 Å². The Bertz CT molecular complexity index is 367. The molecule has 0 amide bonds. The number of ether oxygens (including phenoxy) is 2. The van der Waals surface area contributed by atoms with Crippen LogP contribution in [-0.4, -0.2) is 35.1 Å². The van der Waals surface area contributed by atoms with Crippen molar-refractivity contribution in [1.29, 1.82) is 0 Å². The fourth-order valence-corrected chi connectivity index (χ4v) is 2.07. The van der Waals surface area contributed by atoms with Gasteiger partial charge < -0.3 is 14.9 Å². The Morgan fingerprint density at radius 3 is 1.90 bits per heavy atom. The van der Waals surface area contributed by atoms with Crippen molar-refractivity contribution in [2.45, 2.75) is 65.2 Å². The summed E-state index contributed by atoms with van der Waals surface area (Å²) in [4.78, 5) is 0. The molecular weight excluding hydrogens is 256 g/mol. The lowest BCUT2D eigenvalue weighted by Gasteiger charge is -2.23. The van der Waals surface area contributed by atoms with Gasteiger partial charge in [0.2, 0.25) is 0 Å². The number of methoxy groups -OCH3 is 2. The van der Waals surface area contributed by atoms with E-state index in [1.54, 1.807) is 14.2 Å². The van der Waals surface area contributed by atoms with Crippen LogP contribution in [0.3, 0.4) is 0 Å². The second-order valence-electron chi connectivity index (χ2n) is 5.03. The van der Waals surface area contributed by atoms with Crippen LogP contribution in [-0.2, 0) is 9.47 Å². The molecule has 1 aromatic rings. The number of rotatable bonds is 9. The highest BCUT2D eigenvalue weighted by Gasteiger charge is 2.22. The van der Waals surface area contributed by atoms with Crippen molar-refractivity contribution in [3.8, 4) is 0 Å². The third-order valence-electron chi connectivity index (χ3n) is 3.59. The van der Waals surface area contributed by atoms with E-state index in [1.807, 2.05) is 18.5 Å². The normalized spacial score (nSPS) is 15.9. The molecule has 0 spiro atoms. The van der Waals surface area contributed by atoms with Crippen molar-refractivity contribution in [2.75, 3.05) is 19.6 Å². The average molecular weight is 284 g/mol. The molecule has 0 aliphatic rings. The first-order chi connectivity index (χ1) is 9.58. The van der Waals surface area contributed by atoms with Crippen LogP contribution in [0.5, 0.6) is 0 Å². The smallest absolute Gasteiger partial charge is 0.180 e. The van der Waals surface area contributed by atoms with Gasteiger partial charge in [-0.3, -0.25) is 0 Å². The van der Waals surface area contributed by atoms with E-state index in [-0.39, 0.29) is 12.2 Å². The van der Waals surface area contributed by atoms with E-state index in [0.29, 0.717) is 6.04 Å². The molecule has 0 aliphatic carbocycles. The van der Waals surface area contributed by atoms with Gasteiger partial charge in [-0.25, -0.2) is 4.68 Å². The van der Waals surface area contributed by atoms with Gasteiger partial charge >= 0.3 is 0 Å². The number of hydrogen-bond donors (Lipinski definition) is 1. The monoisotopic (exact) mass is 284 g/mol. The Hall–Kier alpha value is -1.14. The standard InChI is InChI=1S/C14H28N4O2/c1-7-9-12(8-2)17-18-13(10(3)19-5)15-16-14(18)11(4)20-6/h10-12,17H,7-9H2,1-6H3/t10-,11-,12-/m0/s1. The summed E-state index contributed by atoms with van der Waals surface area (Å²) in [5, 5.41) is 8.50. The van der Waals surface area contributed by atoms with Crippen LogP contribution in [0.2, 0.25) is 0 Å². The van der Waals surface area contributed by atoms with Crippen LogP contribution in [0.4, 0.5) is 0 Å². The Morgan fingerprint density at radius 1 is 1.05 bits per heavy atom. The van der Waals surface area contributed by atoms with E-state index in [9.17, 15) is 0 Å². The van der Waals surface area contributed by atoms with Crippen molar-refractivity contribution < 1.29 is 9.47 Å². The SMILES string of the molecule is CCC[C@H](CC)Nn1c([C@H](C)OC)nnc1[C@H](C)OC. The number of aromatic nitrogens is 3. The van der Waals surface area contributed by atoms with Crippen LogP contribution in [0.15, 0.2) is 0 Å². The first-order valence-corrected chi connectivity index (χ1v) is 7.36. The number of nitrogens with zero attached hydrogens (tertiary/aromatic N) is 3. The lowest BCUT2D eigenvalue weighted by Crippen LogP contribution is -2.31. The third-order valence-corrected chi connectivity index (χ3v) is 3.59. The molecule has 1 N–H and O–H groups in total. The van der Waals surface area contributed by atoms with Gasteiger partial charge in [0.25, 0.3) is 0 Å². The molecular formula is C14H28N4O2. The molecule has 0 bridgehead atoms. The summed E-state index contributed by atoms with van der Waals surface area (Å²) in [6, 6.07) is 0.390. The maximum absolute atomic E-state index is 5.37. The maximum atomic E-state index is 5.37. The molecule has 0 unspecified atom stereocenters. The third kappa shape index (κ3) is 3.93. The fraction of sp³-hybridized carbons (Fsp3) is 0.857. The molecule has 1 rings (SSSR count). The maximum Gasteiger partial charge on any atom is 0.180 e. The molecule has 20 heavy (non-hydrogen) atoms. The van der Waals surface area contributed by atoms with E-state index in [0.717, 1.165) is 30.9 Å². The molecule has 0 aliphatic heterocycles. The van der Waals surface area contributed by atoms with Crippen LogP contribution in [0.1, 0.15) is 70.8 Å². The highest BCUT2D eigenvalue weighted by Crippen LogP contribution is 2.20. The van der Waals surface area contributed by atoms with Gasteiger partial charge in [-0.05, 0) is 26.7 Å². The molecule has 0 saturated heterocycles. The highest BCUT2D eigenvalue weighted by atomic mass is 16.5. The second kappa shape index (κ2) is 8.21. The average Bonchev–Trinajstić information content (AvgIpc) is 2.88. The first-order valence-electron chi connectivity index (χ1n) is 7.36. The Kier molecular flexibility index (Phi) is 6.95. The van der Waals surface area contributed by atoms with Crippen LogP contribution in [0.25, 0.3) is 0 Å². The zero-order valence-electron chi connectivity index (χ0n) is 13.5. The predicted molar refractivity (Wildman–Crippen MR) is 79.2 cm³/mol. The molecule has 6 heteroatoms. The van der Waals surface area contributed by atoms with Crippen molar-refractivity contribution in [3.63, 3.8) is 0 Å². The molecule has 6 nitrogen and oxygen atoms in total. The summed E-state index contributed by atoms with van der Waals surface area (Å²) in [5.41, 5.74) is 3.51. The van der Waals surface area contributed by atoms with Gasteiger partial charge in [-0.15, -0.1) is 10.2 Å². The molecule has 0 aromatic carbocycles. The van der Waals surface area contributed by atoms with Crippen LogP contribution < -0.4 is 5.43 Å². The first kappa shape index (κ1) is 16.9. The van der Waals surface area contributed by atoms with Crippen molar-refractivity contribution in [3.05, 3.63) is 11.6 Å². The molecule has 0 fully saturated rings. The molecule has 1 aromatic heterocycles. The van der Waals surface area contributed by atoms with E-state index in [4.69, 9.17) is 9.47 Å². The second-order valence-corrected chi connectivity index (χ2v) is 5.03. The highest BCUT2D eigenvalue weighted by molar-refractivity contribution is 5.05. The minimum Gasteiger partial charge on any atom is -0.374 e. The van der Waals surface area contributed by atoms with E-state index in [1.165, 1.54) is 0 Å². The van der Waals surface area contributed by atoms with Crippen molar-refractivity contribution >= 4 is 0 Å². The Morgan fingerprint density at radius 2 is 1.55 bits per heavy atom. The summed E-state index contributed by atoms with van der Waals surface area (Å²) in [6.07, 6.45) is 3.06. The minimum absolute atomic E-state index is 0.119. The van der Waals surface area contributed by atoms with Crippen molar-refractivity contribution in [2.24, 2.45) is 0 Å². The molecule has 116 valence electrons. The zero-order valence-corrected chi connectivity index (χ0v) is 13.5. The zero-order chi connectivity index (χ0) is 15.1. The van der Waals surface area contributed by atoms with Gasteiger partial charge in [0.15, 0.2) is 11.6 Å². The lowest BCUT2D eigenvalue weighted by atomic mass is 10.1. The van der Waals surface area contributed by atoms with E-state index >= 15 is 0 Å². The Balaban J connectivity index is 3.06. The lowest BCUT2D eigenvalue weighted by molar-refractivity contribution is 0.101. The minimum atomic E-state index is -0.119. The summed E-state index contributed by atoms with van der Waals surface area (Å²) < 4.78 is 12.7. The summed E-state index contributed by atoms with van der Waals surface area (Å²) in [6.45, 7) is 8.29. The largest absolute Gasteiger partial charge is 0.374 e. The van der Waals surface area contributed by atoms with Crippen LogP contribution in [0, 0.1) is 0 Å². The molecule has 0 radical (unpaired) electrons. The quantitative estimate of drug-likeness (QED) is 0.755. The predicted octanol–water partition coefficient (Wildman–Crippen LogP) is 2.82.